The van der Waals surface area contributed by atoms with E-state index in [4.69, 9.17) is 5.11 Å². The summed E-state index contributed by atoms with van der Waals surface area (Å²) in [5, 5.41) is 14.3. The van der Waals surface area contributed by atoms with E-state index in [9.17, 15) is 4.79 Å². The monoisotopic (exact) mass is 223 g/mol. The van der Waals surface area contributed by atoms with Crippen LogP contribution in [-0.4, -0.2) is 36.2 Å². The zero-order valence-electron chi connectivity index (χ0n) is 9.36. The van der Waals surface area contributed by atoms with E-state index < -0.39 is 0 Å². The third-order valence-electron chi connectivity index (χ3n) is 2.13. The fraction of sp³-hybridized carbons (Fsp3) is 0.455. The van der Waals surface area contributed by atoms with Gasteiger partial charge in [0, 0.05) is 32.1 Å². The van der Waals surface area contributed by atoms with Gasteiger partial charge in [0.1, 0.15) is 5.69 Å². The zero-order chi connectivity index (χ0) is 11.8. The van der Waals surface area contributed by atoms with Crippen molar-refractivity contribution in [3.05, 3.63) is 24.0 Å². The molecule has 1 amide bonds. The van der Waals surface area contributed by atoms with E-state index >= 15 is 0 Å². The first kappa shape index (κ1) is 12.4. The lowest BCUT2D eigenvalue weighted by Gasteiger charge is -2.06. The highest BCUT2D eigenvalue weighted by atomic mass is 16.2. The molecule has 0 fully saturated rings. The van der Waals surface area contributed by atoms with Crippen molar-refractivity contribution in [2.45, 2.75) is 12.8 Å². The molecule has 3 N–H and O–H groups in total. The van der Waals surface area contributed by atoms with E-state index in [-0.39, 0.29) is 12.5 Å². The van der Waals surface area contributed by atoms with Crippen molar-refractivity contribution < 1.29 is 9.90 Å². The Labute approximate surface area is 94.9 Å². The number of carbonyl (C=O) groups excluding carboxylic acids is 1. The highest BCUT2D eigenvalue weighted by Crippen LogP contribution is 2.08. The number of rotatable bonds is 6. The number of hydrogen-bond acceptors (Lipinski definition) is 4. The van der Waals surface area contributed by atoms with Crippen molar-refractivity contribution in [2.24, 2.45) is 0 Å². The quantitative estimate of drug-likeness (QED) is 0.618. The summed E-state index contributed by atoms with van der Waals surface area (Å²) in [6.45, 7) is 0.985. The SMILES string of the molecule is CNC(=O)c1cc(NCCCCO)ccn1. The molecular formula is C11H17N3O2. The number of aliphatic hydroxyl groups is 1. The van der Waals surface area contributed by atoms with Crippen LogP contribution >= 0.6 is 0 Å². The minimum Gasteiger partial charge on any atom is -0.396 e. The predicted octanol–water partition coefficient (Wildman–Crippen LogP) is 0.626. The number of aromatic nitrogens is 1. The second-order valence-corrected chi connectivity index (χ2v) is 3.37. The number of aliphatic hydroxyl groups excluding tert-OH is 1. The number of nitrogens with zero attached hydrogens (tertiary/aromatic N) is 1. The van der Waals surface area contributed by atoms with Gasteiger partial charge in [0.2, 0.25) is 0 Å². The first-order chi connectivity index (χ1) is 7.77. The summed E-state index contributed by atoms with van der Waals surface area (Å²) in [6.07, 6.45) is 3.27. The van der Waals surface area contributed by atoms with Gasteiger partial charge in [-0.2, -0.15) is 0 Å². The molecule has 1 aromatic heterocycles. The standard InChI is InChI=1S/C11H17N3O2/c1-12-11(16)10-8-9(4-6-14-10)13-5-2-3-7-15/h4,6,8,15H,2-3,5,7H2,1H3,(H,12,16)(H,13,14). The van der Waals surface area contributed by atoms with Gasteiger partial charge in [-0.3, -0.25) is 9.78 Å². The average Bonchev–Trinajstić information content (AvgIpc) is 2.34. The zero-order valence-corrected chi connectivity index (χ0v) is 9.36. The van der Waals surface area contributed by atoms with Crippen molar-refractivity contribution in [3.63, 3.8) is 0 Å². The predicted molar refractivity (Wildman–Crippen MR) is 62.4 cm³/mol. The molecule has 0 unspecified atom stereocenters. The number of carbonyl (C=O) groups is 1. The van der Waals surface area contributed by atoms with Gasteiger partial charge in [0.15, 0.2) is 0 Å². The van der Waals surface area contributed by atoms with Gasteiger partial charge in [-0.25, -0.2) is 0 Å². The van der Waals surface area contributed by atoms with Gasteiger partial charge in [-0.15, -0.1) is 0 Å². The number of pyridine rings is 1. The smallest absolute Gasteiger partial charge is 0.269 e. The molecular weight excluding hydrogens is 206 g/mol. The van der Waals surface area contributed by atoms with Crippen molar-refractivity contribution in [1.82, 2.24) is 10.3 Å². The van der Waals surface area contributed by atoms with Crippen molar-refractivity contribution in [3.8, 4) is 0 Å². The normalized spacial score (nSPS) is 9.88. The Morgan fingerprint density at radius 3 is 3.00 bits per heavy atom. The molecule has 5 heteroatoms. The van der Waals surface area contributed by atoms with Crippen molar-refractivity contribution in [1.29, 1.82) is 0 Å². The number of nitrogens with one attached hydrogen (secondary N) is 2. The molecule has 0 radical (unpaired) electrons. The Balaban J connectivity index is 2.50. The molecule has 0 saturated carbocycles. The van der Waals surface area contributed by atoms with Crippen LogP contribution in [0.2, 0.25) is 0 Å². The van der Waals surface area contributed by atoms with Crippen molar-refractivity contribution in [2.75, 3.05) is 25.5 Å². The van der Waals surface area contributed by atoms with E-state index in [0.717, 1.165) is 25.1 Å². The Morgan fingerprint density at radius 2 is 2.31 bits per heavy atom. The fourth-order valence-electron chi connectivity index (χ4n) is 1.26. The van der Waals surface area contributed by atoms with Gasteiger partial charge in [-0.1, -0.05) is 0 Å². The van der Waals surface area contributed by atoms with Gasteiger partial charge in [-0.05, 0) is 25.0 Å². The van der Waals surface area contributed by atoms with Gasteiger partial charge >= 0.3 is 0 Å². The maximum absolute atomic E-state index is 11.3. The second-order valence-electron chi connectivity index (χ2n) is 3.37. The Bertz CT molecular complexity index is 342. The maximum atomic E-state index is 11.3. The topological polar surface area (TPSA) is 74.2 Å². The highest BCUT2D eigenvalue weighted by Gasteiger charge is 2.04. The Morgan fingerprint density at radius 1 is 1.50 bits per heavy atom. The van der Waals surface area contributed by atoms with Crippen LogP contribution in [0.1, 0.15) is 23.3 Å². The van der Waals surface area contributed by atoms with Gasteiger partial charge in [0.05, 0.1) is 0 Å². The fourth-order valence-corrected chi connectivity index (χ4v) is 1.26. The Hall–Kier alpha value is -1.62. The lowest BCUT2D eigenvalue weighted by atomic mass is 10.3. The van der Waals surface area contributed by atoms with Crippen LogP contribution in [0.25, 0.3) is 0 Å². The molecule has 0 aliphatic rings. The molecule has 0 aliphatic heterocycles. The minimum absolute atomic E-state index is 0.195. The molecule has 0 saturated heterocycles. The number of unbranched alkanes of at least 4 members (excludes halogenated alkanes) is 1. The summed E-state index contributed by atoms with van der Waals surface area (Å²) < 4.78 is 0. The lowest BCUT2D eigenvalue weighted by molar-refractivity contribution is 0.0958. The third kappa shape index (κ3) is 3.86. The van der Waals surface area contributed by atoms with Gasteiger partial charge < -0.3 is 15.7 Å². The second kappa shape index (κ2) is 6.79. The van der Waals surface area contributed by atoms with Crippen LogP contribution < -0.4 is 10.6 Å². The van der Waals surface area contributed by atoms with E-state index in [1.165, 1.54) is 0 Å². The molecule has 0 atom stereocenters. The van der Waals surface area contributed by atoms with Crippen molar-refractivity contribution >= 4 is 11.6 Å². The summed E-state index contributed by atoms with van der Waals surface area (Å²) in [4.78, 5) is 15.3. The first-order valence-corrected chi connectivity index (χ1v) is 5.31. The first-order valence-electron chi connectivity index (χ1n) is 5.31. The molecule has 0 spiro atoms. The van der Waals surface area contributed by atoms with Gasteiger partial charge in [0.25, 0.3) is 5.91 Å². The third-order valence-corrected chi connectivity index (χ3v) is 2.13. The van der Waals surface area contributed by atoms with Crippen LogP contribution in [0.5, 0.6) is 0 Å². The molecule has 16 heavy (non-hydrogen) atoms. The van der Waals surface area contributed by atoms with E-state index in [2.05, 4.69) is 15.6 Å². The van der Waals surface area contributed by atoms with Crippen LogP contribution in [0.4, 0.5) is 5.69 Å². The summed E-state index contributed by atoms with van der Waals surface area (Å²) in [7, 11) is 1.57. The van der Waals surface area contributed by atoms with Crippen LogP contribution in [0.3, 0.4) is 0 Å². The molecule has 1 aromatic rings. The van der Waals surface area contributed by atoms with E-state index in [1.807, 2.05) is 6.07 Å². The summed E-state index contributed by atoms with van der Waals surface area (Å²) >= 11 is 0. The lowest BCUT2D eigenvalue weighted by Crippen LogP contribution is -2.19. The molecule has 1 rings (SSSR count). The Kier molecular flexibility index (Phi) is 5.28. The summed E-state index contributed by atoms with van der Waals surface area (Å²) in [5.41, 5.74) is 1.26. The molecule has 88 valence electrons. The number of amides is 1. The number of anilines is 1. The molecule has 5 nitrogen and oxygen atoms in total. The van der Waals surface area contributed by atoms with Crippen LogP contribution in [0.15, 0.2) is 18.3 Å². The maximum Gasteiger partial charge on any atom is 0.269 e. The summed E-state index contributed by atoms with van der Waals surface area (Å²) in [6, 6.07) is 3.52. The number of hydrogen-bond donors (Lipinski definition) is 3. The molecule has 0 aromatic carbocycles. The van der Waals surface area contributed by atoms with E-state index in [1.54, 1.807) is 19.3 Å². The minimum atomic E-state index is -0.195. The average molecular weight is 223 g/mol. The molecule has 0 bridgehead atoms. The van der Waals surface area contributed by atoms with Crippen LogP contribution in [0, 0.1) is 0 Å². The van der Waals surface area contributed by atoms with Crippen LogP contribution in [-0.2, 0) is 0 Å². The summed E-state index contributed by atoms with van der Waals surface area (Å²) in [5.74, 6) is -0.195. The largest absolute Gasteiger partial charge is 0.396 e. The van der Waals surface area contributed by atoms with E-state index in [0.29, 0.717) is 5.69 Å². The molecule has 1 heterocycles. The molecule has 0 aliphatic carbocycles. The highest BCUT2D eigenvalue weighted by molar-refractivity contribution is 5.92.